The zero-order valence-corrected chi connectivity index (χ0v) is 20.2. The molecule has 0 spiro atoms. The van der Waals surface area contributed by atoms with E-state index < -0.39 is 22.4 Å². The lowest BCUT2D eigenvalue weighted by molar-refractivity contribution is -0.274. The highest BCUT2D eigenvalue weighted by Crippen LogP contribution is 2.30. The first-order valence-electron chi connectivity index (χ1n) is 9.83. The molecule has 2 aromatic carbocycles. The van der Waals surface area contributed by atoms with Crippen LogP contribution < -0.4 is 9.64 Å². The number of alkyl halides is 3. The van der Waals surface area contributed by atoms with Gasteiger partial charge in [0.05, 0.1) is 11.3 Å². The van der Waals surface area contributed by atoms with Crippen LogP contribution in [0.5, 0.6) is 5.75 Å². The van der Waals surface area contributed by atoms with Gasteiger partial charge in [0.15, 0.2) is 0 Å². The number of halogens is 3. The van der Waals surface area contributed by atoms with Crippen LogP contribution in [0.3, 0.4) is 0 Å². The summed E-state index contributed by atoms with van der Waals surface area (Å²) in [6.07, 6.45) is -5.04. The molecular formula is C20H23F3N2O5SSi. The second-order valence-corrected chi connectivity index (χ2v) is 10.6. The van der Waals surface area contributed by atoms with E-state index in [1.807, 2.05) is 4.90 Å². The number of hydrogen-bond donors (Lipinski definition) is 1. The SMILES string of the molecule is C[C@H]1C([SiH3])N(c2ccc(OC(F)(F)F)cc2)CCN1S(=O)(=O)c1cccc(CC(=O)O)c1. The molecule has 0 aromatic heterocycles. The average Bonchev–Trinajstić information content (AvgIpc) is 2.69. The number of aliphatic carboxylic acids is 1. The number of sulfonamides is 1. The van der Waals surface area contributed by atoms with Crippen LogP contribution in [0, 0.1) is 0 Å². The third-order valence-corrected chi connectivity index (χ3v) is 9.04. The summed E-state index contributed by atoms with van der Waals surface area (Å²) < 4.78 is 68.9. The minimum Gasteiger partial charge on any atom is -0.481 e. The van der Waals surface area contributed by atoms with Crippen molar-refractivity contribution in [2.45, 2.75) is 36.3 Å². The third kappa shape index (κ3) is 5.42. The Balaban J connectivity index is 1.78. The van der Waals surface area contributed by atoms with Gasteiger partial charge in [-0.1, -0.05) is 12.1 Å². The molecule has 0 radical (unpaired) electrons. The smallest absolute Gasteiger partial charge is 0.481 e. The Morgan fingerprint density at radius 2 is 1.84 bits per heavy atom. The van der Waals surface area contributed by atoms with Gasteiger partial charge in [0.2, 0.25) is 10.0 Å². The van der Waals surface area contributed by atoms with Crippen molar-refractivity contribution in [2.75, 3.05) is 18.0 Å². The summed E-state index contributed by atoms with van der Waals surface area (Å²) >= 11 is 0. The number of carbonyl (C=O) groups is 1. The first-order valence-corrected chi connectivity index (χ1v) is 12.4. The van der Waals surface area contributed by atoms with Gasteiger partial charge in [-0.15, -0.1) is 13.2 Å². The van der Waals surface area contributed by atoms with Crippen LogP contribution in [-0.4, -0.2) is 65.2 Å². The molecule has 1 aliphatic heterocycles. The number of ether oxygens (including phenoxy) is 1. The van der Waals surface area contributed by atoms with Gasteiger partial charge < -0.3 is 14.7 Å². The van der Waals surface area contributed by atoms with Crippen LogP contribution in [0.1, 0.15) is 12.5 Å². The Kier molecular flexibility index (Phi) is 6.86. The molecule has 1 heterocycles. The number of benzene rings is 2. The molecule has 0 amide bonds. The zero-order chi connectivity index (χ0) is 23.7. The van der Waals surface area contributed by atoms with Gasteiger partial charge in [-0.3, -0.25) is 4.79 Å². The predicted octanol–water partition coefficient (Wildman–Crippen LogP) is 1.80. The molecule has 7 nitrogen and oxygen atoms in total. The summed E-state index contributed by atoms with van der Waals surface area (Å²) in [6, 6.07) is 11.1. The summed E-state index contributed by atoms with van der Waals surface area (Å²) in [5.41, 5.74) is 0.954. The van der Waals surface area contributed by atoms with Crippen molar-refractivity contribution in [3.63, 3.8) is 0 Å². The highest BCUT2D eigenvalue weighted by molar-refractivity contribution is 7.89. The fourth-order valence-electron chi connectivity index (χ4n) is 3.78. The van der Waals surface area contributed by atoms with E-state index in [-0.39, 0.29) is 35.3 Å². The topological polar surface area (TPSA) is 87.2 Å². The molecule has 174 valence electrons. The quantitative estimate of drug-likeness (QED) is 0.624. The van der Waals surface area contributed by atoms with Gasteiger partial charge in [0.1, 0.15) is 5.75 Å². The van der Waals surface area contributed by atoms with E-state index in [1.165, 1.54) is 46.8 Å². The molecule has 1 saturated heterocycles. The number of carboxylic acids is 1. The normalized spacial score (nSPS) is 20.3. The van der Waals surface area contributed by atoms with Crippen LogP contribution in [0.4, 0.5) is 18.9 Å². The van der Waals surface area contributed by atoms with Gasteiger partial charge in [-0.25, -0.2) is 8.42 Å². The van der Waals surface area contributed by atoms with Gasteiger partial charge in [0.25, 0.3) is 0 Å². The van der Waals surface area contributed by atoms with E-state index in [9.17, 15) is 26.4 Å². The summed E-state index contributed by atoms with van der Waals surface area (Å²) in [4.78, 5) is 13.0. The van der Waals surface area contributed by atoms with Crippen molar-refractivity contribution in [1.82, 2.24) is 4.31 Å². The number of carboxylic acid groups (broad SMARTS) is 1. The predicted molar refractivity (Wildman–Crippen MR) is 115 cm³/mol. The van der Waals surface area contributed by atoms with Crippen molar-refractivity contribution in [2.24, 2.45) is 0 Å². The Morgan fingerprint density at radius 1 is 1.19 bits per heavy atom. The number of anilines is 1. The number of nitrogens with zero attached hydrogens (tertiary/aromatic N) is 2. The van der Waals surface area contributed by atoms with Crippen molar-refractivity contribution in [1.29, 1.82) is 0 Å². The van der Waals surface area contributed by atoms with Crippen LogP contribution in [0.25, 0.3) is 0 Å². The zero-order valence-electron chi connectivity index (χ0n) is 17.4. The second-order valence-electron chi connectivity index (χ2n) is 7.55. The number of piperazine rings is 1. The molecule has 0 saturated carbocycles. The number of rotatable bonds is 6. The van der Waals surface area contributed by atoms with E-state index in [0.717, 1.165) is 0 Å². The summed E-state index contributed by atoms with van der Waals surface area (Å²) in [6.45, 7) is 2.35. The maximum Gasteiger partial charge on any atom is 0.573 e. The lowest BCUT2D eigenvalue weighted by Crippen LogP contribution is -2.60. The molecule has 1 N–H and O–H groups in total. The summed E-state index contributed by atoms with van der Waals surface area (Å²) in [7, 11) is -3.24. The van der Waals surface area contributed by atoms with Crippen molar-refractivity contribution < 1.29 is 36.2 Å². The molecule has 1 unspecified atom stereocenters. The van der Waals surface area contributed by atoms with Gasteiger partial charge in [-0.05, 0) is 48.9 Å². The second kappa shape index (κ2) is 9.12. The monoisotopic (exact) mass is 488 g/mol. The highest BCUT2D eigenvalue weighted by Gasteiger charge is 2.38. The van der Waals surface area contributed by atoms with Gasteiger partial charge >= 0.3 is 12.3 Å². The average molecular weight is 489 g/mol. The molecule has 0 bridgehead atoms. The Hall–Kier alpha value is -2.57. The van der Waals surface area contributed by atoms with E-state index >= 15 is 0 Å². The third-order valence-electron chi connectivity index (χ3n) is 5.47. The molecule has 1 fully saturated rings. The van der Waals surface area contributed by atoms with Gasteiger partial charge in [0, 0.05) is 40.7 Å². The Bertz CT molecular complexity index is 1080. The van der Waals surface area contributed by atoms with E-state index in [2.05, 4.69) is 4.74 Å². The van der Waals surface area contributed by atoms with Crippen LogP contribution in [0.15, 0.2) is 53.4 Å². The first-order chi connectivity index (χ1) is 14.9. The van der Waals surface area contributed by atoms with E-state index in [0.29, 0.717) is 28.0 Å². The lowest BCUT2D eigenvalue weighted by atomic mass is 10.2. The molecular weight excluding hydrogens is 465 g/mol. The fourth-order valence-corrected chi connectivity index (χ4v) is 6.67. The van der Waals surface area contributed by atoms with Crippen molar-refractivity contribution in [3.05, 3.63) is 54.1 Å². The molecule has 0 aliphatic carbocycles. The standard InChI is InChI=1S/C20H23F3N2O5SSi/c1-13-19(32)24(15-5-7-16(8-6-15)30-20(21,22)23)9-10-25(13)31(28,29)17-4-2-3-14(11-17)12-18(26)27/h2-8,11,13,19H,9-10,12H2,1,32H3,(H,26,27)/t13-,19?/m0/s1. The lowest BCUT2D eigenvalue weighted by Gasteiger charge is -2.45. The maximum atomic E-state index is 13.3. The van der Waals surface area contributed by atoms with Crippen LogP contribution in [-0.2, 0) is 21.2 Å². The van der Waals surface area contributed by atoms with Crippen molar-refractivity contribution >= 4 is 31.9 Å². The Labute approximate surface area is 186 Å². The number of hydrogen-bond acceptors (Lipinski definition) is 5. The summed E-state index contributed by atoms with van der Waals surface area (Å²) in [5.74, 6) is -1.37. The van der Waals surface area contributed by atoms with Crippen LogP contribution >= 0.6 is 0 Å². The van der Waals surface area contributed by atoms with Crippen molar-refractivity contribution in [3.8, 4) is 5.75 Å². The molecule has 1 aliphatic rings. The Morgan fingerprint density at radius 3 is 2.44 bits per heavy atom. The van der Waals surface area contributed by atoms with Gasteiger partial charge in [-0.2, -0.15) is 4.31 Å². The minimum atomic E-state index is -4.77. The molecule has 12 heteroatoms. The van der Waals surface area contributed by atoms with E-state index in [4.69, 9.17) is 5.11 Å². The summed E-state index contributed by atoms with van der Waals surface area (Å²) in [5, 5.41) is 8.97. The first kappa shape index (κ1) is 24.1. The van der Waals surface area contributed by atoms with E-state index in [1.54, 1.807) is 13.0 Å². The maximum absolute atomic E-state index is 13.3. The largest absolute Gasteiger partial charge is 0.573 e. The minimum absolute atomic E-state index is 0.0408. The van der Waals surface area contributed by atoms with Crippen LogP contribution in [0.2, 0.25) is 0 Å². The molecule has 3 rings (SSSR count). The molecule has 2 atom stereocenters. The highest BCUT2D eigenvalue weighted by atomic mass is 32.2. The molecule has 2 aromatic rings. The molecule has 32 heavy (non-hydrogen) atoms. The fraction of sp³-hybridized carbons (Fsp3) is 0.350.